The SMILES string of the molecule is CC1CCCCC1=NNC(=O)CCC(=O)Nc1ccc(I)cc1. The number of amides is 2. The van der Waals surface area contributed by atoms with E-state index >= 15 is 0 Å². The van der Waals surface area contributed by atoms with E-state index in [4.69, 9.17) is 0 Å². The maximum Gasteiger partial charge on any atom is 0.240 e. The van der Waals surface area contributed by atoms with E-state index in [0.29, 0.717) is 5.92 Å². The van der Waals surface area contributed by atoms with E-state index in [1.165, 1.54) is 6.42 Å². The number of carbonyl (C=O) groups is 2. The molecule has 2 N–H and O–H groups in total. The Hall–Kier alpha value is -1.44. The Morgan fingerprint density at radius 3 is 2.57 bits per heavy atom. The summed E-state index contributed by atoms with van der Waals surface area (Å²) in [5.41, 5.74) is 4.38. The molecule has 5 nitrogen and oxygen atoms in total. The molecule has 1 unspecified atom stereocenters. The second kappa shape index (κ2) is 9.00. The molecule has 1 aromatic carbocycles. The smallest absolute Gasteiger partial charge is 0.240 e. The van der Waals surface area contributed by atoms with E-state index in [1.54, 1.807) is 0 Å². The van der Waals surface area contributed by atoms with Gasteiger partial charge in [-0.15, -0.1) is 0 Å². The summed E-state index contributed by atoms with van der Waals surface area (Å²) in [6, 6.07) is 7.53. The molecule has 124 valence electrons. The maximum absolute atomic E-state index is 11.8. The molecule has 0 bridgehead atoms. The molecule has 1 saturated carbocycles. The van der Waals surface area contributed by atoms with E-state index in [9.17, 15) is 9.59 Å². The van der Waals surface area contributed by atoms with Gasteiger partial charge in [0, 0.05) is 27.8 Å². The molecule has 1 atom stereocenters. The highest BCUT2D eigenvalue weighted by atomic mass is 127. The van der Waals surface area contributed by atoms with Gasteiger partial charge in [0.05, 0.1) is 0 Å². The van der Waals surface area contributed by atoms with Gasteiger partial charge >= 0.3 is 0 Å². The zero-order valence-electron chi connectivity index (χ0n) is 13.3. The van der Waals surface area contributed by atoms with Crippen molar-refractivity contribution >= 4 is 45.8 Å². The quantitative estimate of drug-likeness (QED) is 0.556. The van der Waals surface area contributed by atoms with Crippen molar-refractivity contribution in [2.75, 3.05) is 5.32 Å². The normalized spacial score (nSPS) is 19.4. The van der Waals surface area contributed by atoms with Gasteiger partial charge in [-0.05, 0) is 72.0 Å². The van der Waals surface area contributed by atoms with Crippen LogP contribution in [0, 0.1) is 9.49 Å². The van der Waals surface area contributed by atoms with Gasteiger partial charge in [0.25, 0.3) is 0 Å². The summed E-state index contributed by atoms with van der Waals surface area (Å²) in [4.78, 5) is 23.6. The number of nitrogens with zero attached hydrogens (tertiary/aromatic N) is 1. The Kier molecular flexibility index (Phi) is 7.01. The summed E-state index contributed by atoms with van der Waals surface area (Å²) in [5.74, 6) is 0.0568. The first kappa shape index (κ1) is 17.9. The molecular weight excluding hydrogens is 405 g/mol. The standard InChI is InChI=1S/C17H22IN3O2/c1-12-4-2-3-5-15(12)20-21-17(23)11-10-16(22)19-14-8-6-13(18)7-9-14/h6-9,12H,2-5,10-11H2,1H3,(H,19,22)(H,21,23). The van der Waals surface area contributed by atoms with Gasteiger partial charge in [-0.2, -0.15) is 5.10 Å². The third-order valence-corrected chi connectivity index (χ3v) is 4.64. The lowest BCUT2D eigenvalue weighted by Gasteiger charge is -2.19. The average molecular weight is 427 g/mol. The second-order valence-corrected chi connectivity index (χ2v) is 7.09. The van der Waals surface area contributed by atoms with Gasteiger partial charge in [-0.25, -0.2) is 5.43 Å². The van der Waals surface area contributed by atoms with Crippen LogP contribution in [0.2, 0.25) is 0 Å². The van der Waals surface area contributed by atoms with Crippen LogP contribution in [0.5, 0.6) is 0 Å². The van der Waals surface area contributed by atoms with Crippen molar-refractivity contribution in [2.45, 2.75) is 45.4 Å². The zero-order valence-corrected chi connectivity index (χ0v) is 15.4. The minimum atomic E-state index is -0.215. The minimum absolute atomic E-state index is 0.140. The molecule has 1 fully saturated rings. The number of carbonyl (C=O) groups excluding carboxylic acids is 2. The highest BCUT2D eigenvalue weighted by Crippen LogP contribution is 2.20. The van der Waals surface area contributed by atoms with Crippen LogP contribution in [-0.2, 0) is 9.59 Å². The number of benzene rings is 1. The van der Waals surface area contributed by atoms with Gasteiger partial charge in [0.1, 0.15) is 0 Å². The minimum Gasteiger partial charge on any atom is -0.326 e. The van der Waals surface area contributed by atoms with Gasteiger partial charge in [-0.3, -0.25) is 9.59 Å². The lowest BCUT2D eigenvalue weighted by molar-refractivity contribution is -0.124. The first-order valence-corrected chi connectivity index (χ1v) is 9.03. The van der Waals surface area contributed by atoms with Crippen molar-refractivity contribution in [3.8, 4) is 0 Å². The van der Waals surface area contributed by atoms with E-state index in [2.05, 4.69) is 45.4 Å². The largest absolute Gasteiger partial charge is 0.326 e. The molecule has 1 aliphatic carbocycles. The Morgan fingerprint density at radius 1 is 1.17 bits per heavy atom. The number of hydrazone groups is 1. The molecule has 0 spiro atoms. The van der Waals surface area contributed by atoms with Crippen molar-refractivity contribution in [2.24, 2.45) is 11.0 Å². The second-order valence-electron chi connectivity index (χ2n) is 5.84. The van der Waals surface area contributed by atoms with E-state index in [0.717, 1.165) is 34.2 Å². The summed E-state index contributed by atoms with van der Waals surface area (Å²) in [7, 11) is 0. The van der Waals surface area contributed by atoms with Crippen LogP contribution >= 0.6 is 22.6 Å². The van der Waals surface area contributed by atoms with Crippen molar-refractivity contribution in [1.82, 2.24) is 5.43 Å². The summed E-state index contributed by atoms with van der Waals surface area (Å²) in [6.07, 6.45) is 4.74. The highest BCUT2D eigenvalue weighted by molar-refractivity contribution is 14.1. The summed E-state index contributed by atoms with van der Waals surface area (Å²) in [6.45, 7) is 2.14. The molecule has 1 aromatic rings. The van der Waals surface area contributed by atoms with E-state index in [1.807, 2.05) is 24.3 Å². The molecule has 0 aromatic heterocycles. The van der Waals surface area contributed by atoms with Crippen LogP contribution in [0.15, 0.2) is 29.4 Å². The molecule has 6 heteroatoms. The summed E-state index contributed by atoms with van der Waals surface area (Å²) in [5, 5.41) is 7.00. The Balaban J connectivity index is 1.72. The lowest BCUT2D eigenvalue weighted by atomic mass is 9.89. The van der Waals surface area contributed by atoms with Gasteiger partial charge in [0.15, 0.2) is 0 Å². The van der Waals surface area contributed by atoms with Crippen molar-refractivity contribution in [1.29, 1.82) is 0 Å². The molecular formula is C17H22IN3O2. The van der Waals surface area contributed by atoms with Crippen LogP contribution in [0.25, 0.3) is 0 Å². The first-order chi connectivity index (χ1) is 11.0. The number of rotatable bonds is 5. The molecule has 1 aliphatic rings. The fourth-order valence-corrected chi connectivity index (χ4v) is 2.87. The number of nitrogens with one attached hydrogen (secondary N) is 2. The monoisotopic (exact) mass is 427 g/mol. The zero-order chi connectivity index (χ0) is 16.7. The van der Waals surface area contributed by atoms with Crippen LogP contribution in [0.3, 0.4) is 0 Å². The van der Waals surface area contributed by atoms with Gasteiger partial charge in [0.2, 0.25) is 11.8 Å². The topological polar surface area (TPSA) is 70.6 Å². The predicted octanol–water partition coefficient (Wildman–Crippen LogP) is 3.69. The Bertz CT molecular complexity index is 584. The van der Waals surface area contributed by atoms with E-state index in [-0.39, 0.29) is 24.7 Å². The predicted molar refractivity (Wildman–Crippen MR) is 100 cm³/mol. The molecule has 2 amide bonds. The summed E-state index contributed by atoms with van der Waals surface area (Å²) < 4.78 is 1.11. The van der Waals surface area contributed by atoms with Gasteiger partial charge < -0.3 is 5.32 Å². The molecule has 0 saturated heterocycles. The number of halogens is 1. The fraction of sp³-hybridized carbons (Fsp3) is 0.471. The first-order valence-electron chi connectivity index (χ1n) is 7.95. The van der Waals surface area contributed by atoms with Crippen molar-refractivity contribution < 1.29 is 9.59 Å². The molecule has 0 heterocycles. The van der Waals surface area contributed by atoms with Crippen LogP contribution < -0.4 is 10.7 Å². The third kappa shape index (κ3) is 6.29. The molecule has 23 heavy (non-hydrogen) atoms. The number of anilines is 1. The van der Waals surface area contributed by atoms with Crippen molar-refractivity contribution in [3.63, 3.8) is 0 Å². The average Bonchev–Trinajstić information content (AvgIpc) is 2.54. The summed E-state index contributed by atoms with van der Waals surface area (Å²) >= 11 is 2.21. The Morgan fingerprint density at radius 2 is 1.87 bits per heavy atom. The molecule has 2 rings (SSSR count). The molecule has 0 aliphatic heterocycles. The molecule has 0 radical (unpaired) electrons. The van der Waals surface area contributed by atoms with Crippen LogP contribution in [-0.4, -0.2) is 17.5 Å². The highest BCUT2D eigenvalue weighted by Gasteiger charge is 2.16. The fourth-order valence-electron chi connectivity index (χ4n) is 2.51. The lowest BCUT2D eigenvalue weighted by Crippen LogP contribution is -2.25. The third-order valence-electron chi connectivity index (χ3n) is 3.92. The number of hydrogen-bond donors (Lipinski definition) is 2. The van der Waals surface area contributed by atoms with Crippen LogP contribution in [0.1, 0.15) is 45.4 Å². The Labute approximate surface area is 150 Å². The van der Waals surface area contributed by atoms with Crippen LogP contribution in [0.4, 0.5) is 5.69 Å². The maximum atomic E-state index is 11.8. The van der Waals surface area contributed by atoms with Crippen molar-refractivity contribution in [3.05, 3.63) is 27.8 Å². The van der Waals surface area contributed by atoms with Gasteiger partial charge in [-0.1, -0.05) is 13.3 Å². The number of hydrogen-bond acceptors (Lipinski definition) is 3. The van der Waals surface area contributed by atoms with E-state index < -0.39 is 0 Å².